The molecule has 0 aromatic carbocycles. The van der Waals surface area contributed by atoms with E-state index in [1.165, 1.54) is 57.8 Å². The minimum absolute atomic E-state index is 0.831. The number of ether oxygens (including phenoxy) is 1. The second-order valence-corrected chi connectivity index (χ2v) is 5.98. The average Bonchev–Trinajstić information content (AvgIpc) is 2.93. The molecule has 0 amide bonds. The van der Waals surface area contributed by atoms with Crippen LogP contribution in [0, 0.1) is 0 Å². The number of hydrogen-bond donors (Lipinski definition) is 0. The lowest BCUT2D eigenvalue weighted by Crippen LogP contribution is -2.30. The van der Waals surface area contributed by atoms with Crippen molar-refractivity contribution >= 4 is 0 Å². The number of hydrogen-bond acceptors (Lipinski definition) is 1. The molecule has 0 aliphatic rings. The van der Waals surface area contributed by atoms with E-state index in [-0.39, 0.29) is 0 Å². The molecule has 1 aromatic heterocycles. The molecule has 0 spiro atoms. The first-order valence-corrected chi connectivity index (χ1v) is 8.99. The van der Waals surface area contributed by atoms with Gasteiger partial charge in [-0.3, -0.25) is 0 Å². The van der Waals surface area contributed by atoms with Crippen LogP contribution < -0.4 is 4.57 Å². The molecule has 3 heteroatoms. The van der Waals surface area contributed by atoms with Gasteiger partial charge in [-0.25, -0.2) is 9.13 Å². The minimum Gasteiger partial charge on any atom is -0.377 e. The van der Waals surface area contributed by atoms with Crippen molar-refractivity contribution in [1.29, 1.82) is 0 Å². The third-order valence-electron chi connectivity index (χ3n) is 3.86. The SMILES string of the molecule is CCCCCCCCCCOCCn1cc[n+](CCC)c1. The Hall–Kier alpha value is -0.830. The van der Waals surface area contributed by atoms with Crippen molar-refractivity contribution in [2.45, 2.75) is 84.7 Å². The Morgan fingerprint density at radius 1 is 0.857 bits per heavy atom. The topological polar surface area (TPSA) is 18.0 Å². The summed E-state index contributed by atoms with van der Waals surface area (Å²) in [6, 6.07) is 0. The summed E-state index contributed by atoms with van der Waals surface area (Å²) in [4.78, 5) is 0. The Kier molecular flexibility index (Phi) is 11.2. The second-order valence-electron chi connectivity index (χ2n) is 5.98. The van der Waals surface area contributed by atoms with Gasteiger partial charge in [-0.15, -0.1) is 0 Å². The standard InChI is InChI=1S/C18H35N2O/c1-3-5-6-7-8-9-10-11-16-21-17-15-20-14-13-19(18-20)12-4-2/h13-14,18H,3-12,15-17H2,1-2H3/q+1. The predicted octanol–water partition coefficient (Wildman–Crippen LogP) is 4.34. The lowest BCUT2D eigenvalue weighted by molar-refractivity contribution is -0.696. The van der Waals surface area contributed by atoms with Crippen molar-refractivity contribution < 1.29 is 9.30 Å². The minimum atomic E-state index is 0.831. The Morgan fingerprint density at radius 2 is 1.57 bits per heavy atom. The highest BCUT2D eigenvalue weighted by Crippen LogP contribution is 2.08. The monoisotopic (exact) mass is 295 g/mol. The van der Waals surface area contributed by atoms with E-state index >= 15 is 0 Å². The third-order valence-corrected chi connectivity index (χ3v) is 3.86. The molecule has 21 heavy (non-hydrogen) atoms. The quantitative estimate of drug-likeness (QED) is 0.369. The summed E-state index contributed by atoms with van der Waals surface area (Å²) < 4.78 is 10.2. The van der Waals surface area contributed by atoms with Gasteiger partial charge in [0.2, 0.25) is 6.33 Å². The summed E-state index contributed by atoms with van der Waals surface area (Å²) >= 11 is 0. The van der Waals surface area contributed by atoms with E-state index in [1.807, 2.05) is 0 Å². The van der Waals surface area contributed by atoms with Gasteiger partial charge < -0.3 is 4.74 Å². The van der Waals surface area contributed by atoms with E-state index in [0.29, 0.717) is 0 Å². The van der Waals surface area contributed by atoms with Crippen LogP contribution >= 0.6 is 0 Å². The molecule has 1 rings (SSSR count). The highest BCUT2D eigenvalue weighted by molar-refractivity contribution is 4.65. The van der Waals surface area contributed by atoms with Crippen molar-refractivity contribution in [3.8, 4) is 0 Å². The Morgan fingerprint density at radius 3 is 2.29 bits per heavy atom. The van der Waals surface area contributed by atoms with E-state index in [1.54, 1.807) is 0 Å². The van der Waals surface area contributed by atoms with Crippen LogP contribution in [-0.2, 0) is 17.8 Å². The molecule has 1 heterocycles. The van der Waals surface area contributed by atoms with Gasteiger partial charge in [0.1, 0.15) is 18.9 Å². The molecule has 0 N–H and O–H groups in total. The maximum Gasteiger partial charge on any atom is 0.243 e. The lowest BCUT2D eigenvalue weighted by Gasteiger charge is -2.03. The molecular weight excluding hydrogens is 260 g/mol. The predicted molar refractivity (Wildman–Crippen MR) is 88.3 cm³/mol. The number of aromatic nitrogens is 2. The molecule has 0 radical (unpaired) electrons. The van der Waals surface area contributed by atoms with Crippen LogP contribution in [0.5, 0.6) is 0 Å². The van der Waals surface area contributed by atoms with E-state index in [9.17, 15) is 0 Å². The van der Waals surface area contributed by atoms with Gasteiger partial charge >= 0.3 is 0 Å². The van der Waals surface area contributed by atoms with Crippen LogP contribution in [0.2, 0.25) is 0 Å². The average molecular weight is 295 g/mol. The summed E-state index contributed by atoms with van der Waals surface area (Å²) in [6.07, 6.45) is 18.5. The van der Waals surface area contributed by atoms with Crippen LogP contribution in [0.1, 0.15) is 71.6 Å². The summed E-state index contributed by atoms with van der Waals surface area (Å²) in [5, 5.41) is 0. The molecule has 0 unspecified atom stereocenters. The smallest absolute Gasteiger partial charge is 0.243 e. The molecule has 0 atom stereocenters. The molecule has 3 nitrogen and oxygen atoms in total. The molecule has 0 aliphatic heterocycles. The fraction of sp³-hybridized carbons (Fsp3) is 0.833. The first-order valence-electron chi connectivity index (χ1n) is 8.99. The highest BCUT2D eigenvalue weighted by Gasteiger charge is 2.02. The van der Waals surface area contributed by atoms with Gasteiger partial charge in [0, 0.05) is 6.61 Å². The summed E-state index contributed by atoms with van der Waals surface area (Å²) in [6.45, 7) is 8.30. The zero-order chi connectivity index (χ0) is 15.2. The van der Waals surface area contributed by atoms with Crippen LogP contribution in [0.25, 0.3) is 0 Å². The molecule has 0 saturated carbocycles. The molecule has 0 bridgehead atoms. The fourth-order valence-corrected chi connectivity index (χ4v) is 2.57. The summed E-state index contributed by atoms with van der Waals surface area (Å²) in [7, 11) is 0. The van der Waals surface area contributed by atoms with Gasteiger partial charge in [-0.2, -0.15) is 0 Å². The van der Waals surface area contributed by atoms with Crippen LogP contribution in [0.3, 0.4) is 0 Å². The van der Waals surface area contributed by atoms with E-state index in [0.717, 1.165) is 26.3 Å². The fourth-order valence-electron chi connectivity index (χ4n) is 2.57. The number of nitrogens with zero attached hydrogens (tertiary/aromatic N) is 2. The van der Waals surface area contributed by atoms with Crippen LogP contribution in [-0.4, -0.2) is 17.8 Å². The van der Waals surface area contributed by atoms with Crippen molar-refractivity contribution in [2.75, 3.05) is 13.2 Å². The Bertz CT molecular complexity index is 336. The number of unbranched alkanes of at least 4 members (excludes halogenated alkanes) is 7. The number of imidazole rings is 1. The van der Waals surface area contributed by atoms with Gasteiger partial charge in [0.15, 0.2) is 0 Å². The van der Waals surface area contributed by atoms with Crippen molar-refractivity contribution in [3.05, 3.63) is 18.7 Å². The van der Waals surface area contributed by atoms with Gasteiger partial charge in [0.05, 0.1) is 13.2 Å². The van der Waals surface area contributed by atoms with Gasteiger partial charge in [0.25, 0.3) is 0 Å². The van der Waals surface area contributed by atoms with E-state index in [2.05, 4.69) is 41.7 Å². The van der Waals surface area contributed by atoms with Crippen LogP contribution in [0.4, 0.5) is 0 Å². The zero-order valence-electron chi connectivity index (χ0n) is 14.2. The van der Waals surface area contributed by atoms with Gasteiger partial charge in [-0.05, 0) is 12.8 Å². The highest BCUT2D eigenvalue weighted by atomic mass is 16.5. The largest absolute Gasteiger partial charge is 0.377 e. The number of aryl methyl sites for hydroxylation is 1. The number of rotatable bonds is 14. The Balaban J connectivity index is 1.86. The van der Waals surface area contributed by atoms with Crippen molar-refractivity contribution in [3.63, 3.8) is 0 Å². The molecule has 0 saturated heterocycles. The lowest BCUT2D eigenvalue weighted by atomic mass is 10.1. The van der Waals surface area contributed by atoms with Crippen LogP contribution in [0.15, 0.2) is 18.7 Å². The van der Waals surface area contributed by atoms with Gasteiger partial charge in [-0.1, -0.05) is 58.8 Å². The maximum atomic E-state index is 5.72. The molecule has 122 valence electrons. The normalized spacial score (nSPS) is 11.1. The molecule has 0 fully saturated rings. The maximum absolute atomic E-state index is 5.72. The van der Waals surface area contributed by atoms with E-state index < -0.39 is 0 Å². The second kappa shape index (κ2) is 12.9. The van der Waals surface area contributed by atoms with Crippen molar-refractivity contribution in [2.24, 2.45) is 0 Å². The summed E-state index contributed by atoms with van der Waals surface area (Å²) in [5.41, 5.74) is 0. The molecular formula is C18H35N2O+. The molecule has 1 aromatic rings. The van der Waals surface area contributed by atoms with E-state index in [4.69, 9.17) is 4.74 Å². The van der Waals surface area contributed by atoms with Crippen molar-refractivity contribution in [1.82, 2.24) is 4.57 Å². The Labute approximate surface area is 131 Å². The first-order chi connectivity index (χ1) is 10.4. The molecule has 0 aliphatic carbocycles. The zero-order valence-corrected chi connectivity index (χ0v) is 14.2. The first kappa shape index (κ1) is 18.2. The summed E-state index contributed by atoms with van der Waals surface area (Å²) in [5.74, 6) is 0. The third kappa shape index (κ3) is 9.67.